The molecule has 1 saturated heterocycles. The van der Waals surface area contributed by atoms with Crippen LogP contribution in [0.2, 0.25) is 0 Å². The number of hydrogen-bond acceptors (Lipinski definition) is 4. The van der Waals surface area contributed by atoms with Crippen LogP contribution in [0, 0.1) is 0 Å². The van der Waals surface area contributed by atoms with Gasteiger partial charge in [0.25, 0.3) is 0 Å². The van der Waals surface area contributed by atoms with E-state index in [9.17, 15) is 9.59 Å². The first-order valence-electron chi connectivity index (χ1n) is 7.64. The lowest BCUT2D eigenvalue weighted by Crippen LogP contribution is -2.51. The Bertz CT molecular complexity index is 385. The van der Waals surface area contributed by atoms with Gasteiger partial charge in [0.15, 0.2) is 0 Å². The van der Waals surface area contributed by atoms with Gasteiger partial charge in [-0.25, -0.2) is 9.59 Å². The number of rotatable bonds is 5. The zero-order chi connectivity index (χ0) is 16.6. The van der Waals surface area contributed by atoms with Crippen LogP contribution in [0.3, 0.4) is 0 Å². The summed E-state index contributed by atoms with van der Waals surface area (Å²) in [5.41, 5.74) is -0.461. The summed E-state index contributed by atoms with van der Waals surface area (Å²) in [6.07, 6.45) is 1.38. The zero-order valence-electron chi connectivity index (χ0n) is 13.9. The van der Waals surface area contributed by atoms with Crippen molar-refractivity contribution < 1.29 is 14.3 Å². The second-order valence-corrected chi connectivity index (χ2v) is 6.23. The van der Waals surface area contributed by atoms with E-state index >= 15 is 0 Å². The number of amides is 3. The van der Waals surface area contributed by atoms with Crippen molar-refractivity contribution in [2.24, 2.45) is 0 Å². The molecule has 0 spiro atoms. The van der Waals surface area contributed by atoms with Crippen LogP contribution in [0.5, 0.6) is 0 Å². The number of piperazine rings is 1. The van der Waals surface area contributed by atoms with E-state index in [4.69, 9.17) is 4.74 Å². The molecule has 3 amide bonds. The first kappa shape index (κ1) is 18.3. The second-order valence-electron chi connectivity index (χ2n) is 6.23. The zero-order valence-corrected chi connectivity index (χ0v) is 13.9. The van der Waals surface area contributed by atoms with E-state index < -0.39 is 5.60 Å². The number of nitrogens with one attached hydrogen (secondary N) is 2. The van der Waals surface area contributed by atoms with Crippen LogP contribution in [0.15, 0.2) is 12.7 Å². The molecule has 0 unspecified atom stereocenters. The fourth-order valence-corrected chi connectivity index (χ4v) is 2.04. The topological polar surface area (TPSA) is 73.9 Å². The van der Waals surface area contributed by atoms with Gasteiger partial charge < -0.3 is 20.3 Å². The maximum Gasteiger partial charge on any atom is 0.410 e. The summed E-state index contributed by atoms with van der Waals surface area (Å²) in [7, 11) is 0. The molecule has 1 rings (SSSR count). The molecule has 22 heavy (non-hydrogen) atoms. The van der Waals surface area contributed by atoms with E-state index in [0.29, 0.717) is 26.2 Å². The van der Waals surface area contributed by atoms with Crippen LogP contribution >= 0.6 is 0 Å². The van der Waals surface area contributed by atoms with Crippen molar-refractivity contribution in [1.29, 1.82) is 0 Å². The van der Waals surface area contributed by atoms with Crippen molar-refractivity contribution in [2.45, 2.75) is 26.4 Å². The summed E-state index contributed by atoms with van der Waals surface area (Å²) in [5.74, 6) is 0. The van der Waals surface area contributed by atoms with E-state index in [1.165, 1.54) is 0 Å². The summed E-state index contributed by atoms with van der Waals surface area (Å²) < 4.78 is 5.36. The smallest absolute Gasteiger partial charge is 0.410 e. The van der Waals surface area contributed by atoms with Crippen molar-refractivity contribution >= 4 is 12.1 Å². The van der Waals surface area contributed by atoms with Gasteiger partial charge in [-0.15, -0.1) is 6.58 Å². The van der Waals surface area contributed by atoms with Gasteiger partial charge in [0, 0.05) is 45.8 Å². The van der Waals surface area contributed by atoms with Crippen LogP contribution in [-0.4, -0.2) is 73.3 Å². The standard InChI is InChI=1S/C15H28N4O3/c1-5-6-16-13(20)17-7-8-18-9-11-19(12-10-18)14(21)22-15(2,3)4/h5H,1,6-12H2,2-4H3,(H2,16,17,20). The highest BCUT2D eigenvalue weighted by Gasteiger charge is 2.25. The van der Waals surface area contributed by atoms with E-state index in [0.717, 1.165) is 19.6 Å². The molecule has 0 aromatic heterocycles. The average molecular weight is 312 g/mol. The lowest BCUT2D eigenvalue weighted by atomic mass is 10.2. The molecule has 0 atom stereocenters. The minimum Gasteiger partial charge on any atom is -0.444 e. The van der Waals surface area contributed by atoms with Crippen LogP contribution < -0.4 is 10.6 Å². The number of ether oxygens (including phenoxy) is 1. The van der Waals surface area contributed by atoms with Gasteiger partial charge in [-0.3, -0.25) is 4.90 Å². The molecule has 0 bridgehead atoms. The molecule has 1 aliphatic heterocycles. The Hall–Kier alpha value is -1.76. The van der Waals surface area contributed by atoms with Gasteiger partial charge in [-0.1, -0.05) is 6.08 Å². The number of urea groups is 1. The minimum atomic E-state index is -0.461. The molecule has 126 valence electrons. The molecule has 0 aliphatic carbocycles. The van der Waals surface area contributed by atoms with Crippen LogP contribution in [0.1, 0.15) is 20.8 Å². The van der Waals surface area contributed by atoms with Crippen LogP contribution in [-0.2, 0) is 4.74 Å². The minimum absolute atomic E-state index is 0.188. The van der Waals surface area contributed by atoms with Gasteiger partial charge in [-0.05, 0) is 20.8 Å². The molecule has 0 aromatic carbocycles. The molecule has 7 nitrogen and oxygen atoms in total. The maximum absolute atomic E-state index is 11.9. The Morgan fingerprint density at radius 3 is 2.36 bits per heavy atom. The summed E-state index contributed by atoms with van der Waals surface area (Å²) in [6, 6.07) is -0.188. The quantitative estimate of drug-likeness (QED) is 0.744. The molecular formula is C15H28N4O3. The third-order valence-corrected chi connectivity index (χ3v) is 3.14. The van der Waals surface area contributed by atoms with Gasteiger partial charge >= 0.3 is 12.1 Å². The normalized spacial score (nSPS) is 16.0. The van der Waals surface area contributed by atoms with Gasteiger partial charge in [0.2, 0.25) is 0 Å². The van der Waals surface area contributed by atoms with Gasteiger partial charge in [0.1, 0.15) is 5.60 Å². The van der Waals surface area contributed by atoms with Crippen molar-refractivity contribution in [3.8, 4) is 0 Å². The van der Waals surface area contributed by atoms with E-state index in [-0.39, 0.29) is 12.1 Å². The Morgan fingerprint density at radius 1 is 1.18 bits per heavy atom. The van der Waals surface area contributed by atoms with Crippen molar-refractivity contribution in [1.82, 2.24) is 20.4 Å². The summed E-state index contributed by atoms with van der Waals surface area (Å²) in [6.45, 7) is 13.8. The monoisotopic (exact) mass is 312 g/mol. The number of hydrogen-bond donors (Lipinski definition) is 2. The third kappa shape index (κ3) is 7.31. The van der Waals surface area contributed by atoms with E-state index in [1.807, 2.05) is 20.8 Å². The summed E-state index contributed by atoms with van der Waals surface area (Å²) >= 11 is 0. The van der Waals surface area contributed by atoms with E-state index in [1.54, 1.807) is 11.0 Å². The Kier molecular flexibility index (Phi) is 7.17. The molecule has 0 radical (unpaired) electrons. The number of carbonyl (C=O) groups is 2. The molecule has 0 saturated carbocycles. The summed E-state index contributed by atoms with van der Waals surface area (Å²) in [4.78, 5) is 27.2. The summed E-state index contributed by atoms with van der Waals surface area (Å²) in [5, 5.41) is 5.44. The van der Waals surface area contributed by atoms with E-state index in [2.05, 4.69) is 22.1 Å². The molecule has 1 fully saturated rings. The molecule has 1 aliphatic rings. The maximum atomic E-state index is 11.9. The predicted octanol–water partition coefficient (Wildman–Crippen LogP) is 1.02. The lowest BCUT2D eigenvalue weighted by Gasteiger charge is -2.35. The fourth-order valence-electron chi connectivity index (χ4n) is 2.04. The Morgan fingerprint density at radius 2 is 1.82 bits per heavy atom. The first-order chi connectivity index (χ1) is 10.3. The van der Waals surface area contributed by atoms with Gasteiger partial charge in [-0.2, -0.15) is 0 Å². The highest BCUT2D eigenvalue weighted by Crippen LogP contribution is 2.11. The largest absolute Gasteiger partial charge is 0.444 e. The van der Waals surface area contributed by atoms with Crippen LogP contribution in [0.25, 0.3) is 0 Å². The number of nitrogens with zero attached hydrogens (tertiary/aromatic N) is 2. The lowest BCUT2D eigenvalue weighted by molar-refractivity contribution is 0.0147. The molecule has 2 N–H and O–H groups in total. The highest BCUT2D eigenvalue weighted by molar-refractivity contribution is 5.73. The molecule has 0 aromatic rings. The van der Waals surface area contributed by atoms with Crippen LogP contribution in [0.4, 0.5) is 9.59 Å². The third-order valence-electron chi connectivity index (χ3n) is 3.14. The second kappa shape index (κ2) is 8.63. The molecule has 1 heterocycles. The predicted molar refractivity (Wildman–Crippen MR) is 85.8 cm³/mol. The van der Waals surface area contributed by atoms with Gasteiger partial charge in [0.05, 0.1) is 0 Å². The van der Waals surface area contributed by atoms with Crippen molar-refractivity contribution in [2.75, 3.05) is 45.8 Å². The fraction of sp³-hybridized carbons (Fsp3) is 0.733. The van der Waals surface area contributed by atoms with Crippen molar-refractivity contribution in [3.05, 3.63) is 12.7 Å². The number of carbonyl (C=O) groups excluding carboxylic acids is 2. The van der Waals surface area contributed by atoms with Crippen molar-refractivity contribution in [3.63, 3.8) is 0 Å². The Labute approximate surface area is 132 Å². The molecular weight excluding hydrogens is 284 g/mol. The SMILES string of the molecule is C=CCNC(=O)NCCN1CCN(C(=O)OC(C)(C)C)CC1. The average Bonchev–Trinajstić information content (AvgIpc) is 2.44. The Balaban J connectivity index is 2.18. The molecule has 7 heteroatoms. The highest BCUT2D eigenvalue weighted by atomic mass is 16.6. The first-order valence-corrected chi connectivity index (χ1v) is 7.64.